The molecule has 8 rings (SSSR count). The third-order valence-corrected chi connectivity index (χ3v) is 16.2. The predicted octanol–water partition coefficient (Wildman–Crippen LogP) is 17.1. The molecule has 0 aliphatic heterocycles. The standard InChI is InChI=1S/C57H69N3OS2/c1-4-7-10-13-14-15-16-17-18-21-35-61-36-31-44-23-27-49-53(38-44)62-56-50-29-25-46(40-54(50)63-55(49)56)45-24-28-48-47-26-22-43(30-34-60-42-58-41-59-60)37-51(47)57(52(48)39-45,32-19-11-8-5-2)33-20-12-9-6-3/h22-29,37-42H,4-21,31-33,35-36H2,1-3H3. The van der Waals surface area contributed by atoms with Gasteiger partial charge in [-0.15, -0.1) is 27.8 Å². The number of fused-ring (bicyclic) bond motifs is 8. The Kier molecular flexibility index (Phi) is 16.2. The van der Waals surface area contributed by atoms with E-state index in [0.29, 0.717) is 0 Å². The maximum absolute atomic E-state index is 6.10. The first-order valence-electron chi connectivity index (χ1n) is 24.7. The highest BCUT2D eigenvalue weighted by Crippen LogP contribution is 2.55. The molecule has 63 heavy (non-hydrogen) atoms. The molecule has 0 saturated heterocycles. The number of hydrogen-bond donors (Lipinski definition) is 0. The van der Waals surface area contributed by atoms with E-state index in [2.05, 4.69) is 116 Å². The van der Waals surface area contributed by atoms with Gasteiger partial charge in [0.15, 0.2) is 0 Å². The zero-order valence-electron chi connectivity index (χ0n) is 38.4. The van der Waals surface area contributed by atoms with Gasteiger partial charge in [-0.25, -0.2) is 4.98 Å². The molecular formula is C57H69N3OS2. The molecule has 3 heterocycles. The van der Waals surface area contributed by atoms with Gasteiger partial charge in [0.1, 0.15) is 12.7 Å². The van der Waals surface area contributed by atoms with E-state index in [9.17, 15) is 0 Å². The Labute approximate surface area is 385 Å². The van der Waals surface area contributed by atoms with Crippen LogP contribution in [-0.2, 0) is 16.6 Å². The van der Waals surface area contributed by atoms with Gasteiger partial charge >= 0.3 is 0 Å². The quantitative estimate of drug-likeness (QED) is 0.0424. The molecule has 3 aromatic heterocycles. The van der Waals surface area contributed by atoms with E-state index >= 15 is 0 Å². The van der Waals surface area contributed by atoms with Gasteiger partial charge in [-0.2, -0.15) is 4.68 Å². The Balaban J connectivity index is 0.990. The summed E-state index contributed by atoms with van der Waals surface area (Å²) in [6, 6.07) is 31.8. The summed E-state index contributed by atoms with van der Waals surface area (Å²) >= 11 is 3.93. The Morgan fingerprint density at radius 2 is 1.14 bits per heavy atom. The van der Waals surface area contributed by atoms with Gasteiger partial charge in [-0.3, -0.25) is 0 Å². The monoisotopic (exact) mass is 875 g/mol. The molecule has 0 saturated carbocycles. The van der Waals surface area contributed by atoms with Crippen molar-refractivity contribution in [3.63, 3.8) is 0 Å². The first-order chi connectivity index (χ1) is 31.1. The minimum atomic E-state index is -0.0285. The molecule has 4 aromatic carbocycles. The minimum absolute atomic E-state index is 0.0285. The molecule has 1 aliphatic carbocycles. The molecule has 0 fully saturated rings. The Bertz CT molecular complexity index is 2590. The summed E-state index contributed by atoms with van der Waals surface area (Å²) in [6.45, 7) is 8.62. The van der Waals surface area contributed by atoms with Crippen LogP contribution in [0.3, 0.4) is 0 Å². The van der Waals surface area contributed by atoms with E-state index in [4.69, 9.17) is 4.74 Å². The Morgan fingerprint density at radius 1 is 0.571 bits per heavy atom. The van der Waals surface area contributed by atoms with Crippen LogP contribution in [0.25, 0.3) is 51.8 Å². The summed E-state index contributed by atoms with van der Waals surface area (Å²) in [6.07, 6.45) is 30.2. The molecule has 7 aromatic rings. The lowest BCUT2D eigenvalue weighted by atomic mass is 9.70. The summed E-state index contributed by atoms with van der Waals surface area (Å²) < 4.78 is 13.3. The van der Waals surface area contributed by atoms with Crippen LogP contribution in [0, 0.1) is 12.0 Å². The second kappa shape index (κ2) is 22.6. The SMILES string of the molecule is CCCCCCCCCCCCOCCc1ccc2c(c1)sc1c3ccc(-c4ccc5c(c4)C(CCCCCC)(CCCCCC)c4cc(C#Cn6cncn6)ccc4-5)cc3sc21. The van der Waals surface area contributed by atoms with E-state index in [1.165, 1.54) is 203 Å². The summed E-state index contributed by atoms with van der Waals surface area (Å²) in [4.78, 5) is 4.09. The molecule has 0 spiro atoms. The lowest BCUT2D eigenvalue weighted by Gasteiger charge is -2.33. The second-order valence-electron chi connectivity index (χ2n) is 18.2. The molecule has 0 amide bonds. The molecule has 1 aliphatic rings. The summed E-state index contributed by atoms with van der Waals surface area (Å²) in [5.74, 6) is 3.40. The van der Waals surface area contributed by atoms with Crippen LogP contribution in [0.5, 0.6) is 0 Å². The lowest BCUT2D eigenvalue weighted by molar-refractivity contribution is 0.133. The fourth-order valence-electron chi connectivity index (χ4n) is 10.1. The highest BCUT2D eigenvalue weighted by Gasteiger charge is 2.42. The van der Waals surface area contributed by atoms with E-state index < -0.39 is 0 Å². The molecule has 0 N–H and O–H groups in total. The van der Waals surface area contributed by atoms with E-state index in [1.54, 1.807) is 11.0 Å². The summed E-state index contributed by atoms with van der Waals surface area (Å²) in [5, 5.41) is 7.00. The topological polar surface area (TPSA) is 39.9 Å². The third-order valence-electron chi connectivity index (χ3n) is 13.7. The number of hydrogen-bond acceptors (Lipinski definition) is 5. The molecule has 6 heteroatoms. The second-order valence-corrected chi connectivity index (χ2v) is 20.4. The summed E-state index contributed by atoms with van der Waals surface area (Å²) in [5.41, 5.74) is 10.8. The zero-order chi connectivity index (χ0) is 43.3. The molecule has 0 bridgehead atoms. The maximum atomic E-state index is 6.10. The van der Waals surface area contributed by atoms with Crippen molar-refractivity contribution < 1.29 is 4.74 Å². The number of benzene rings is 4. The van der Waals surface area contributed by atoms with Crippen molar-refractivity contribution in [2.24, 2.45) is 0 Å². The number of ether oxygens (including phenoxy) is 1. The highest BCUT2D eigenvalue weighted by molar-refractivity contribution is 7.36. The van der Waals surface area contributed by atoms with Gasteiger partial charge in [0, 0.05) is 43.8 Å². The van der Waals surface area contributed by atoms with Crippen LogP contribution < -0.4 is 0 Å². The highest BCUT2D eigenvalue weighted by atomic mass is 32.1. The van der Waals surface area contributed by atoms with Crippen molar-refractivity contribution in [3.8, 4) is 34.2 Å². The fraction of sp³-hybridized carbons (Fsp3) is 0.474. The van der Waals surface area contributed by atoms with Crippen LogP contribution in [-0.4, -0.2) is 28.0 Å². The average molecular weight is 876 g/mol. The Hall–Kier alpha value is -4.28. The van der Waals surface area contributed by atoms with Crippen molar-refractivity contribution in [1.82, 2.24) is 14.8 Å². The van der Waals surface area contributed by atoms with Gasteiger partial charge in [-0.05, 0) is 101 Å². The molecule has 0 atom stereocenters. The maximum Gasteiger partial charge on any atom is 0.138 e. The van der Waals surface area contributed by atoms with Crippen LogP contribution in [0.2, 0.25) is 0 Å². The normalized spacial score (nSPS) is 12.9. The average Bonchev–Trinajstić information content (AvgIpc) is 4.10. The molecular weight excluding hydrogens is 807 g/mol. The van der Waals surface area contributed by atoms with Crippen LogP contribution in [0.15, 0.2) is 85.5 Å². The predicted molar refractivity (Wildman–Crippen MR) is 273 cm³/mol. The first-order valence-corrected chi connectivity index (χ1v) is 26.4. The van der Waals surface area contributed by atoms with Crippen LogP contribution in [0.1, 0.15) is 171 Å². The molecule has 0 unspecified atom stereocenters. The first kappa shape index (κ1) is 45.3. The molecule has 330 valence electrons. The van der Waals surface area contributed by atoms with E-state index in [-0.39, 0.29) is 5.41 Å². The smallest absolute Gasteiger partial charge is 0.138 e. The summed E-state index contributed by atoms with van der Waals surface area (Å²) in [7, 11) is 0. The van der Waals surface area contributed by atoms with Crippen molar-refractivity contribution in [2.45, 2.75) is 161 Å². The van der Waals surface area contributed by atoms with E-state index in [0.717, 1.165) is 25.2 Å². The van der Waals surface area contributed by atoms with Gasteiger partial charge in [0.25, 0.3) is 0 Å². The van der Waals surface area contributed by atoms with Crippen LogP contribution in [0.4, 0.5) is 0 Å². The number of thiophene rings is 2. The van der Waals surface area contributed by atoms with Crippen molar-refractivity contribution in [1.29, 1.82) is 0 Å². The van der Waals surface area contributed by atoms with Crippen molar-refractivity contribution >= 4 is 52.2 Å². The van der Waals surface area contributed by atoms with Crippen LogP contribution >= 0.6 is 22.7 Å². The number of unbranched alkanes of at least 4 members (excludes halogenated alkanes) is 15. The fourth-order valence-corrected chi connectivity index (χ4v) is 12.9. The number of nitrogens with zero attached hydrogens (tertiary/aromatic N) is 3. The minimum Gasteiger partial charge on any atom is -0.381 e. The zero-order valence-corrected chi connectivity index (χ0v) is 40.0. The Morgan fingerprint density at radius 3 is 1.81 bits per heavy atom. The number of aromatic nitrogens is 3. The van der Waals surface area contributed by atoms with Gasteiger partial charge in [0.2, 0.25) is 0 Å². The van der Waals surface area contributed by atoms with Crippen molar-refractivity contribution in [3.05, 3.63) is 108 Å². The lowest BCUT2D eigenvalue weighted by Crippen LogP contribution is -2.25. The van der Waals surface area contributed by atoms with E-state index in [1.807, 2.05) is 22.7 Å². The van der Waals surface area contributed by atoms with Gasteiger partial charge in [0.05, 0.1) is 16.0 Å². The largest absolute Gasteiger partial charge is 0.381 e. The molecule has 4 nitrogen and oxygen atoms in total. The van der Waals surface area contributed by atoms with Gasteiger partial charge < -0.3 is 4.74 Å². The van der Waals surface area contributed by atoms with Gasteiger partial charge in [-0.1, -0.05) is 172 Å². The third kappa shape index (κ3) is 10.8. The number of rotatable bonds is 25. The van der Waals surface area contributed by atoms with Crippen molar-refractivity contribution in [2.75, 3.05) is 13.2 Å². The molecule has 0 radical (unpaired) electrons.